The Hall–Kier alpha value is -3.36. The van der Waals surface area contributed by atoms with Crippen LogP contribution >= 0.6 is 0 Å². The Morgan fingerprint density at radius 1 is 1.15 bits per heavy atom. The summed E-state index contributed by atoms with van der Waals surface area (Å²) in [6, 6.07) is 6.89. The number of hydrogen-bond donors (Lipinski definition) is 1. The first-order valence-electron chi connectivity index (χ1n) is 8.20. The van der Waals surface area contributed by atoms with Crippen molar-refractivity contribution in [3.8, 4) is 23.1 Å². The maximum atomic E-state index is 12.4. The van der Waals surface area contributed by atoms with E-state index in [4.69, 9.17) is 13.9 Å². The molecule has 1 amide bonds. The molecule has 0 spiro atoms. The second-order valence-electron chi connectivity index (χ2n) is 5.98. The zero-order valence-electron chi connectivity index (χ0n) is 14.3. The number of fused-ring (bicyclic) bond motifs is 1. The zero-order valence-corrected chi connectivity index (χ0v) is 14.3. The monoisotopic (exact) mass is 355 g/mol. The van der Waals surface area contributed by atoms with Gasteiger partial charge < -0.3 is 13.9 Å². The van der Waals surface area contributed by atoms with Crippen LogP contribution in [0.5, 0.6) is 11.5 Å². The van der Waals surface area contributed by atoms with Crippen LogP contribution in [-0.2, 0) is 0 Å². The molecule has 3 heterocycles. The summed E-state index contributed by atoms with van der Waals surface area (Å²) in [5.74, 6) is 1.06. The second kappa shape index (κ2) is 6.51. The van der Waals surface area contributed by atoms with Crippen molar-refractivity contribution in [2.24, 2.45) is 0 Å². The lowest BCUT2D eigenvalue weighted by atomic mass is 10.2. The van der Waals surface area contributed by atoms with E-state index in [0.29, 0.717) is 36.0 Å². The van der Waals surface area contributed by atoms with Crippen molar-refractivity contribution in [3.63, 3.8) is 0 Å². The first kappa shape index (κ1) is 16.1. The predicted molar refractivity (Wildman–Crippen MR) is 91.3 cm³/mol. The summed E-state index contributed by atoms with van der Waals surface area (Å²) in [6.07, 6.45) is 1.66. The molecule has 0 atom stereocenters. The number of ether oxygens (including phenoxy) is 2. The smallest absolute Gasteiger partial charge is 0.322 e. The number of amides is 1. The van der Waals surface area contributed by atoms with Crippen LogP contribution < -0.4 is 14.8 Å². The minimum Gasteiger partial charge on any atom is -0.486 e. The van der Waals surface area contributed by atoms with Crippen LogP contribution in [0.1, 0.15) is 30.2 Å². The van der Waals surface area contributed by atoms with Crippen molar-refractivity contribution < 1.29 is 18.7 Å². The molecule has 1 aliphatic heterocycles. The van der Waals surface area contributed by atoms with Crippen LogP contribution in [0.15, 0.2) is 34.9 Å². The van der Waals surface area contributed by atoms with Crippen LogP contribution in [0.4, 0.5) is 6.01 Å². The van der Waals surface area contributed by atoms with Crippen molar-refractivity contribution in [2.45, 2.75) is 19.9 Å². The molecule has 0 unspecified atom stereocenters. The summed E-state index contributed by atoms with van der Waals surface area (Å²) in [5, 5.41) is 14.7. The Kier molecular flexibility index (Phi) is 4.04. The Morgan fingerprint density at radius 3 is 2.77 bits per heavy atom. The molecule has 0 bridgehead atoms. The van der Waals surface area contributed by atoms with Crippen LogP contribution in [0, 0.1) is 0 Å². The van der Waals surface area contributed by atoms with E-state index in [2.05, 4.69) is 20.6 Å². The van der Waals surface area contributed by atoms with E-state index in [1.165, 1.54) is 0 Å². The lowest BCUT2D eigenvalue weighted by Gasteiger charge is -2.18. The van der Waals surface area contributed by atoms with Crippen LogP contribution in [0.3, 0.4) is 0 Å². The van der Waals surface area contributed by atoms with Gasteiger partial charge in [-0.15, -0.1) is 5.10 Å². The van der Waals surface area contributed by atoms with Gasteiger partial charge in [0, 0.05) is 17.8 Å². The summed E-state index contributed by atoms with van der Waals surface area (Å²) >= 11 is 0. The van der Waals surface area contributed by atoms with Crippen molar-refractivity contribution in [2.75, 3.05) is 18.5 Å². The van der Waals surface area contributed by atoms with Gasteiger partial charge in [-0.1, -0.05) is 5.10 Å². The number of nitrogens with zero attached hydrogens (tertiary/aromatic N) is 4. The summed E-state index contributed by atoms with van der Waals surface area (Å²) in [4.78, 5) is 12.4. The van der Waals surface area contributed by atoms with Gasteiger partial charge in [0.25, 0.3) is 11.8 Å². The number of carbonyl (C=O) groups is 1. The van der Waals surface area contributed by atoms with Crippen molar-refractivity contribution in [3.05, 3.63) is 36.0 Å². The first-order valence-corrected chi connectivity index (χ1v) is 8.20. The van der Waals surface area contributed by atoms with Gasteiger partial charge in [0.15, 0.2) is 11.5 Å². The third-order valence-electron chi connectivity index (χ3n) is 3.83. The van der Waals surface area contributed by atoms with E-state index in [9.17, 15) is 4.79 Å². The van der Waals surface area contributed by atoms with Crippen molar-refractivity contribution in [1.82, 2.24) is 20.0 Å². The molecule has 26 heavy (non-hydrogen) atoms. The van der Waals surface area contributed by atoms with Gasteiger partial charge in [0.05, 0.1) is 0 Å². The predicted octanol–water partition coefficient (Wildman–Crippen LogP) is 2.54. The Morgan fingerprint density at radius 2 is 1.96 bits per heavy atom. The average molecular weight is 355 g/mol. The Balaban J connectivity index is 1.52. The molecular formula is C17H17N5O4. The van der Waals surface area contributed by atoms with Crippen LogP contribution in [0.25, 0.3) is 11.6 Å². The highest BCUT2D eigenvalue weighted by atomic mass is 16.6. The number of carbonyl (C=O) groups excluding carboxylic acids is 1. The summed E-state index contributed by atoms with van der Waals surface area (Å²) in [6.45, 7) is 4.94. The number of benzene rings is 1. The summed E-state index contributed by atoms with van der Waals surface area (Å²) < 4.78 is 18.2. The normalized spacial score (nSPS) is 13.0. The van der Waals surface area contributed by atoms with E-state index < -0.39 is 0 Å². The molecule has 0 radical (unpaired) electrons. The third-order valence-corrected chi connectivity index (χ3v) is 3.83. The molecule has 0 aliphatic carbocycles. The Bertz CT molecular complexity index is 946. The average Bonchev–Trinajstić information content (AvgIpc) is 3.30. The fraction of sp³-hybridized carbons (Fsp3) is 0.294. The molecule has 0 saturated carbocycles. The fourth-order valence-corrected chi connectivity index (χ4v) is 2.63. The van der Waals surface area contributed by atoms with Gasteiger partial charge in [0.2, 0.25) is 0 Å². The lowest BCUT2D eigenvalue weighted by Crippen LogP contribution is -2.17. The number of rotatable bonds is 4. The topological polar surface area (TPSA) is 104 Å². The van der Waals surface area contributed by atoms with Gasteiger partial charge in [-0.25, -0.2) is 0 Å². The highest BCUT2D eigenvalue weighted by Crippen LogP contribution is 2.31. The van der Waals surface area contributed by atoms with E-state index in [-0.39, 0.29) is 23.9 Å². The van der Waals surface area contributed by atoms with Crippen LogP contribution in [0.2, 0.25) is 0 Å². The molecule has 1 aromatic carbocycles. The minimum atomic E-state index is -0.380. The molecular weight excluding hydrogens is 338 g/mol. The van der Waals surface area contributed by atoms with Gasteiger partial charge in [-0.2, -0.15) is 5.10 Å². The van der Waals surface area contributed by atoms with Gasteiger partial charge >= 0.3 is 6.01 Å². The van der Waals surface area contributed by atoms with E-state index in [1.807, 2.05) is 13.8 Å². The molecule has 2 aromatic heterocycles. The quantitative estimate of drug-likeness (QED) is 0.767. The molecule has 0 saturated heterocycles. The SMILES string of the molecule is CC(C)n1nccc1-c1nnc(NC(=O)c2ccc3c(c2)OCCO3)o1. The highest BCUT2D eigenvalue weighted by molar-refractivity contribution is 6.03. The third kappa shape index (κ3) is 2.99. The van der Waals surface area contributed by atoms with Gasteiger partial charge in [-0.3, -0.25) is 14.8 Å². The fourth-order valence-electron chi connectivity index (χ4n) is 2.63. The number of nitrogens with one attached hydrogen (secondary N) is 1. The molecule has 1 N–H and O–H groups in total. The molecule has 9 nitrogen and oxygen atoms in total. The summed E-state index contributed by atoms with van der Waals surface area (Å²) in [5.41, 5.74) is 1.09. The number of hydrogen-bond acceptors (Lipinski definition) is 7. The van der Waals surface area contributed by atoms with Crippen molar-refractivity contribution in [1.29, 1.82) is 0 Å². The first-order chi connectivity index (χ1) is 12.6. The number of anilines is 1. The lowest BCUT2D eigenvalue weighted by molar-refractivity contribution is 0.102. The molecule has 9 heteroatoms. The van der Waals surface area contributed by atoms with Gasteiger partial charge in [0.1, 0.15) is 18.9 Å². The molecule has 134 valence electrons. The standard InChI is InChI=1S/C17H17N5O4/c1-10(2)22-12(5-6-18-22)16-20-21-17(26-16)19-15(23)11-3-4-13-14(9-11)25-8-7-24-13/h3-6,9-10H,7-8H2,1-2H3,(H,19,21,23). The number of aromatic nitrogens is 4. The second-order valence-corrected chi connectivity index (χ2v) is 5.98. The largest absolute Gasteiger partial charge is 0.486 e. The van der Waals surface area contributed by atoms with E-state index in [1.54, 1.807) is 35.1 Å². The molecule has 1 aliphatic rings. The minimum absolute atomic E-state index is 0.0106. The maximum Gasteiger partial charge on any atom is 0.322 e. The van der Waals surface area contributed by atoms with Gasteiger partial charge in [-0.05, 0) is 38.1 Å². The van der Waals surface area contributed by atoms with Crippen LogP contribution in [-0.4, -0.2) is 39.1 Å². The molecule has 0 fully saturated rings. The van der Waals surface area contributed by atoms with E-state index in [0.717, 1.165) is 0 Å². The Labute approximate surface area is 148 Å². The maximum absolute atomic E-state index is 12.4. The molecule has 3 aromatic rings. The molecule has 4 rings (SSSR count). The zero-order chi connectivity index (χ0) is 18.1. The highest BCUT2D eigenvalue weighted by Gasteiger charge is 2.19. The van der Waals surface area contributed by atoms with Crippen molar-refractivity contribution >= 4 is 11.9 Å². The van der Waals surface area contributed by atoms with E-state index >= 15 is 0 Å². The summed E-state index contributed by atoms with van der Waals surface area (Å²) in [7, 11) is 0.